The van der Waals surface area contributed by atoms with Gasteiger partial charge < -0.3 is 10.2 Å². The lowest BCUT2D eigenvalue weighted by Crippen LogP contribution is -2.56. The van der Waals surface area contributed by atoms with Crippen molar-refractivity contribution < 1.29 is 18.0 Å². The van der Waals surface area contributed by atoms with Gasteiger partial charge in [-0.3, -0.25) is 13.9 Å². The van der Waals surface area contributed by atoms with E-state index in [1.165, 1.54) is 23.1 Å². The number of nitrogens with one attached hydrogen (secondary N) is 1. The minimum absolute atomic E-state index is 0.0830. The SMILES string of the molecule is Cc1ccccc1CN(C(=O)CN(c1cc(Cl)ccc1Cl)S(C)(=O)=O)C(Cc1ccccc1)C(=O)NC(C)(C)C. The molecule has 1 atom stereocenters. The summed E-state index contributed by atoms with van der Waals surface area (Å²) in [5.74, 6) is -0.903. The van der Waals surface area contributed by atoms with E-state index in [1.54, 1.807) is 0 Å². The molecular weight excluding hydrogens is 569 g/mol. The van der Waals surface area contributed by atoms with Crippen molar-refractivity contribution in [2.24, 2.45) is 0 Å². The van der Waals surface area contributed by atoms with E-state index in [0.717, 1.165) is 27.3 Å². The Labute approximate surface area is 247 Å². The molecule has 0 spiro atoms. The van der Waals surface area contributed by atoms with Gasteiger partial charge in [-0.1, -0.05) is 77.8 Å². The second-order valence-corrected chi connectivity index (χ2v) is 13.5. The van der Waals surface area contributed by atoms with E-state index in [4.69, 9.17) is 23.2 Å². The highest BCUT2D eigenvalue weighted by Gasteiger charge is 2.35. The van der Waals surface area contributed by atoms with Gasteiger partial charge in [0.05, 0.1) is 17.0 Å². The third-order valence-electron chi connectivity index (χ3n) is 6.23. The van der Waals surface area contributed by atoms with Crippen molar-refractivity contribution in [1.82, 2.24) is 10.2 Å². The molecule has 0 fully saturated rings. The van der Waals surface area contributed by atoms with E-state index in [2.05, 4.69) is 5.32 Å². The Morgan fingerprint density at radius 2 is 1.57 bits per heavy atom. The van der Waals surface area contributed by atoms with Crippen molar-refractivity contribution >= 4 is 50.7 Å². The van der Waals surface area contributed by atoms with Gasteiger partial charge in [-0.05, 0) is 62.6 Å². The Balaban J connectivity index is 2.11. The zero-order chi connectivity index (χ0) is 29.7. The van der Waals surface area contributed by atoms with Crippen LogP contribution >= 0.6 is 23.2 Å². The number of nitrogens with zero attached hydrogens (tertiary/aromatic N) is 2. The molecule has 0 aliphatic heterocycles. The molecule has 0 heterocycles. The maximum atomic E-state index is 14.2. The van der Waals surface area contributed by atoms with Crippen molar-refractivity contribution in [2.75, 3.05) is 17.1 Å². The summed E-state index contributed by atoms with van der Waals surface area (Å²) in [6.07, 6.45) is 1.23. The second-order valence-electron chi connectivity index (χ2n) is 10.8. The average molecular weight is 605 g/mol. The molecule has 0 saturated carbocycles. The number of halogens is 2. The topological polar surface area (TPSA) is 86.8 Å². The molecule has 10 heteroatoms. The Hall–Kier alpha value is -3.07. The monoisotopic (exact) mass is 603 g/mol. The number of hydrogen-bond acceptors (Lipinski definition) is 4. The van der Waals surface area contributed by atoms with E-state index >= 15 is 0 Å². The fourth-order valence-electron chi connectivity index (χ4n) is 4.25. The van der Waals surface area contributed by atoms with E-state index in [1.807, 2.05) is 82.3 Å². The standard InChI is InChI=1S/C30H35Cl2N3O4S/c1-21-11-9-10-14-23(21)19-34(27(29(37)33-30(2,3)4)17-22-12-7-6-8-13-22)28(36)20-35(40(5,38)39)26-18-24(31)15-16-25(26)32/h6-16,18,27H,17,19-20H2,1-5H3,(H,33,37). The van der Waals surface area contributed by atoms with Crippen molar-refractivity contribution in [2.45, 2.75) is 52.2 Å². The van der Waals surface area contributed by atoms with Crippen LogP contribution in [0.1, 0.15) is 37.5 Å². The summed E-state index contributed by atoms with van der Waals surface area (Å²) >= 11 is 12.5. The normalized spacial score (nSPS) is 12.5. The molecular formula is C30H35Cl2N3O4S. The molecule has 7 nitrogen and oxygen atoms in total. The van der Waals surface area contributed by atoms with Gasteiger partial charge in [0.2, 0.25) is 21.8 Å². The number of benzene rings is 3. The lowest BCUT2D eigenvalue weighted by atomic mass is 10.00. The third kappa shape index (κ3) is 8.71. The Bertz CT molecular complexity index is 1460. The number of carbonyl (C=O) groups excluding carboxylic acids is 2. The highest BCUT2D eigenvalue weighted by atomic mass is 35.5. The predicted octanol–water partition coefficient (Wildman–Crippen LogP) is 5.62. The smallest absolute Gasteiger partial charge is 0.244 e. The number of aryl methyl sites for hydroxylation is 1. The highest BCUT2D eigenvalue weighted by molar-refractivity contribution is 7.92. The van der Waals surface area contributed by atoms with E-state index in [0.29, 0.717) is 0 Å². The molecule has 0 radical (unpaired) electrons. The first-order chi connectivity index (χ1) is 18.7. The molecule has 0 saturated heterocycles. The van der Waals surface area contributed by atoms with E-state index in [-0.39, 0.29) is 34.6 Å². The van der Waals surface area contributed by atoms with E-state index in [9.17, 15) is 18.0 Å². The van der Waals surface area contributed by atoms with Crippen LogP contribution in [0.4, 0.5) is 5.69 Å². The summed E-state index contributed by atoms with van der Waals surface area (Å²) in [5.41, 5.74) is 2.16. The van der Waals surface area contributed by atoms with Crippen LogP contribution in [-0.4, -0.2) is 49.5 Å². The van der Waals surface area contributed by atoms with E-state index < -0.39 is 34.1 Å². The van der Waals surface area contributed by atoms with Gasteiger partial charge in [-0.25, -0.2) is 8.42 Å². The van der Waals surface area contributed by atoms with Crippen LogP contribution in [0, 0.1) is 6.92 Å². The minimum atomic E-state index is -3.96. The molecule has 40 heavy (non-hydrogen) atoms. The molecule has 0 aliphatic rings. The maximum Gasteiger partial charge on any atom is 0.244 e. The van der Waals surface area contributed by atoms with Crippen molar-refractivity contribution in [3.05, 3.63) is 99.5 Å². The van der Waals surface area contributed by atoms with Gasteiger partial charge >= 0.3 is 0 Å². The summed E-state index contributed by atoms with van der Waals surface area (Å²) in [4.78, 5) is 29.4. The lowest BCUT2D eigenvalue weighted by Gasteiger charge is -2.35. The number of hydrogen-bond donors (Lipinski definition) is 1. The first-order valence-electron chi connectivity index (χ1n) is 12.8. The Kier molecular flexibility index (Phi) is 10.3. The number of amides is 2. The quantitative estimate of drug-likeness (QED) is 0.326. The molecule has 1 N–H and O–H groups in total. The van der Waals surface area contributed by atoms with Crippen LogP contribution in [0.5, 0.6) is 0 Å². The van der Waals surface area contributed by atoms with Crippen molar-refractivity contribution in [1.29, 1.82) is 0 Å². The fraction of sp³-hybridized carbons (Fsp3) is 0.333. The molecule has 3 rings (SSSR count). The summed E-state index contributed by atoms with van der Waals surface area (Å²) < 4.78 is 26.8. The van der Waals surface area contributed by atoms with Crippen LogP contribution < -0.4 is 9.62 Å². The van der Waals surface area contributed by atoms with Gasteiger partial charge in [-0.2, -0.15) is 0 Å². The van der Waals surface area contributed by atoms with Crippen LogP contribution in [0.2, 0.25) is 10.0 Å². The first-order valence-corrected chi connectivity index (χ1v) is 15.4. The van der Waals surface area contributed by atoms with Gasteiger partial charge in [0.15, 0.2) is 0 Å². The van der Waals surface area contributed by atoms with Crippen molar-refractivity contribution in [3.63, 3.8) is 0 Å². The summed E-state index contributed by atoms with van der Waals surface area (Å²) in [5, 5.41) is 3.40. The van der Waals surface area contributed by atoms with Gasteiger partial charge in [0, 0.05) is 23.5 Å². The second kappa shape index (κ2) is 13.1. The molecule has 3 aromatic rings. The van der Waals surface area contributed by atoms with Gasteiger partial charge in [0.25, 0.3) is 0 Å². The zero-order valence-corrected chi connectivity index (χ0v) is 25.6. The molecule has 3 aromatic carbocycles. The molecule has 214 valence electrons. The van der Waals surface area contributed by atoms with Crippen LogP contribution in [-0.2, 0) is 32.6 Å². The Morgan fingerprint density at radius 3 is 2.17 bits per heavy atom. The van der Waals surface area contributed by atoms with Gasteiger partial charge in [0.1, 0.15) is 12.6 Å². The van der Waals surface area contributed by atoms with Crippen LogP contribution in [0.25, 0.3) is 0 Å². The number of anilines is 1. The summed E-state index contributed by atoms with van der Waals surface area (Å²) in [6.45, 7) is 7.05. The molecule has 0 aliphatic carbocycles. The first kappa shape index (κ1) is 31.5. The minimum Gasteiger partial charge on any atom is -0.350 e. The summed E-state index contributed by atoms with van der Waals surface area (Å²) in [7, 11) is -3.96. The Morgan fingerprint density at radius 1 is 0.950 bits per heavy atom. The number of rotatable bonds is 10. The van der Waals surface area contributed by atoms with Crippen LogP contribution in [0.15, 0.2) is 72.8 Å². The lowest BCUT2D eigenvalue weighted by molar-refractivity contribution is -0.140. The van der Waals surface area contributed by atoms with Crippen LogP contribution in [0.3, 0.4) is 0 Å². The van der Waals surface area contributed by atoms with Gasteiger partial charge in [-0.15, -0.1) is 0 Å². The largest absolute Gasteiger partial charge is 0.350 e. The maximum absolute atomic E-state index is 14.2. The molecule has 0 aromatic heterocycles. The molecule has 2 amide bonds. The zero-order valence-electron chi connectivity index (χ0n) is 23.3. The molecule has 0 bridgehead atoms. The predicted molar refractivity (Wildman–Crippen MR) is 162 cm³/mol. The number of carbonyl (C=O) groups is 2. The molecule has 1 unspecified atom stereocenters. The average Bonchev–Trinajstić information content (AvgIpc) is 2.86. The highest BCUT2D eigenvalue weighted by Crippen LogP contribution is 2.31. The number of sulfonamides is 1. The third-order valence-corrected chi connectivity index (χ3v) is 7.91. The fourth-order valence-corrected chi connectivity index (χ4v) is 5.54. The van der Waals surface area contributed by atoms with Crippen molar-refractivity contribution in [3.8, 4) is 0 Å². The summed E-state index contributed by atoms with van der Waals surface area (Å²) in [6, 6.07) is 20.5.